The van der Waals surface area contributed by atoms with Crippen LogP contribution >= 0.6 is 0 Å². The lowest BCUT2D eigenvalue weighted by Crippen LogP contribution is -2.30. The van der Waals surface area contributed by atoms with E-state index >= 15 is 0 Å². The van der Waals surface area contributed by atoms with E-state index < -0.39 is 0 Å². The van der Waals surface area contributed by atoms with Gasteiger partial charge >= 0.3 is 0 Å². The molecule has 2 heteroatoms. The second kappa shape index (κ2) is 2.46. The molecule has 1 aliphatic rings. The molecule has 0 bridgehead atoms. The fraction of sp³-hybridized carbons (Fsp3) is 1.00. The van der Waals surface area contributed by atoms with Gasteiger partial charge in [0.1, 0.15) is 0 Å². The first-order chi connectivity index (χ1) is 3.84. The second-order valence-corrected chi connectivity index (χ2v) is 2.41. The maximum atomic E-state index is 5.20. The van der Waals surface area contributed by atoms with Crippen LogP contribution in [0.15, 0.2) is 0 Å². The molecule has 0 spiro atoms. The molecule has 0 aromatic heterocycles. The minimum atomic E-state index is 0.593. The number of hydrogen-bond acceptors (Lipinski definition) is 2. The van der Waals surface area contributed by atoms with Crippen LogP contribution in [0.3, 0.4) is 0 Å². The lowest BCUT2D eigenvalue weighted by molar-refractivity contribution is 0.185. The van der Waals surface area contributed by atoms with Gasteiger partial charge in [0.25, 0.3) is 0 Å². The van der Waals surface area contributed by atoms with E-state index in [0.29, 0.717) is 12.0 Å². The van der Waals surface area contributed by atoms with Crippen LogP contribution < -0.4 is 5.32 Å². The van der Waals surface area contributed by atoms with E-state index in [1.807, 2.05) is 7.05 Å². The summed E-state index contributed by atoms with van der Waals surface area (Å²) in [6.45, 7) is 4.01. The maximum Gasteiger partial charge on any atom is 0.0623 e. The second-order valence-electron chi connectivity index (χ2n) is 2.41. The van der Waals surface area contributed by atoms with Crippen LogP contribution in [0.25, 0.3) is 0 Å². The Morgan fingerprint density at radius 2 is 2.25 bits per heavy atom. The Balaban J connectivity index is 2.30. The third-order valence-electron chi connectivity index (χ3n) is 1.74. The topological polar surface area (TPSA) is 21.3 Å². The van der Waals surface area contributed by atoms with Crippen LogP contribution in [0, 0.1) is 5.92 Å². The van der Waals surface area contributed by atoms with Gasteiger partial charge in [-0.3, -0.25) is 0 Å². The third kappa shape index (κ3) is 1.01. The molecule has 1 saturated heterocycles. The van der Waals surface area contributed by atoms with Gasteiger partial charge < -0.3 is 10.1 Å². The maximum absolute atomic E-state index is 5.20. The van der Waals surface area contributed by atoms with E-state index in [1.54, 1.807) is 0 Å². The van der Waals surface area contributed by atoms with E-state index in [1.165, 1.54) is 0 Å². The van der Waals surface area contributed by atoms with E-state index in [0.717, 1.165) is 13.2 Å². The average Bonchev–Trinajstić information content (AvgIpc) is 2.14. The smallest absolute Gasteiger partial charge is 0.0623 e. The number of ether oxygens (including phenoxy) is 1. The molecule has 0 aromatic rings. The van der Waals surface area contributed by atoms with Crippen molar-refractivity contribution in [3.05, 3.63) is 0 Å². The molecule has 0 aromatic carbocycles. The first-order valence-corrected chi connectivity index (χ1v) is 3.09. The van der Waals surface area contributed by atoms with Crippen LogP contribution in [-0.2, 0) is 4.74 Å². The van der Waals surface area contributed by atoms with Gasteiger partial charge in [0.15, 0.2) is 0 Å². The summed E-state index contributed by atoms with van der Waals surface area (Å²) < 4.78 is 5.20. The highest BCUT2D eigenvalue weighted by molar-refractivity contribution is 4.75. The predicted octanol–water partition coefficient (Wildman–Crippen LogP) is 0.241. The van der Waals surface area contributed by atoms with Gasteiger partial charge in [-0.1, -0.05) is 6.92 Å². The molecule has 0 saturated carbocycles. The molecule has 1 fully saturated rings. The Labute approximate surface area is 50.2 Å². The molecule has 1 rings (SSSR count). The number of hydrogen-bond donors (Lipinski definition) is 1. The van der Waals surface area contributed by atoms with Crippen LogP contribution in [-0.4, -0.2) is 26.3 Å². The molecule has 2 atom stereocenters. The van der Waals surface area contributed by atoms with E-state index in [-0.39, 0.29) is 0 Å². The molecule has 2 nitrogen and oxygen atoms in total. The Kier molecular flexibility index (Phi) is 1.86. The van der Waals surface area contributed by atoms with Crippen LogP contribution in [0.4, 0.5) is 0 Å². The van der Waals surface area contributed by atoms with Crippen molar-refractivity contribution < 1.29 is 4.74 Å². The summed E-state index contributed by atoms with van der Waals surface area (Å²) in [5.41, 5.74) is 0. The van der Waals surface area contributed by atoms with Crippen molar-refractivity contribution >= 4 is 0 Å². The molecule has 0 unspecified atom stereocenters. The molecular formula is C6H13NO. The van der Waals surface area contributed by atoms with Crippen molar-refractivity contribution in [3.63, 3.8) is 0 Å². The van der Waals surface area contributed by atoms with E-state index in [4.69, 9.17) is 4.74 Å². The fourth-order valence-corrected chi connectivity index (χ4v) is 1.03. The summed E-state index contributed by atoms with van der Waals surface area (Å²) in [4.78, 5) is 0. The van der Waals surface area contributed by atoms with Crippen molar-refractivity contribution in [2.75, 3.05) is 20.3 Å². The first kappa shape index (κ1) is 6.05. The zero-order chi connectivity index (χ0) is 5.98. The minimum Gasteiger partial charge on any atom is -0.379 e. The zero-order valence-corrected chi connectivity index (χ0v) is 5.48. The van der Waals surface area contributed by atoms with Crippen molar-refractivity contribution in [2.45, 2.75) is 13.0 Å². The summed E-state index contributed by atoms with van der Waals surface area (Å²) in [5.74, 6) is 0.694. The van der Waals surface area contributed by atoms with Gasteiger partial charge in [-0.25, -0.2) is 0 Å². The molecule has 1 aliphatic heterocycles. The number of rotatable bonds is 1. The van der Waals surface area contributed by atoms with Crippen LogP contribution in [0.2, 0.25) is 0 Å². The van der Waals surface area contributed by atoms with Gasteiger partial charge in [-0.2, -0.15) is 0 Å². The van der Waals surface area contributed by atoms with Crippen molar-refractivity contribution in [2.24, 2.45) is 5.92 Å². The third-order valence-corrected chi connectivity index (χ3v) is 1.74. The number of likely N-dealkylation sites (N-methyl/N-ethyl adjacent to an activating group) is 1. The van der Waals surface area contributed by atoms with Crippen molar-refractivity contribution in [3.8, 4) is 0 Å². The minimum absolute atomic E-state index is 0.593. The average molecular weight is 115 g/mol. The monoisotopic (exact) mass is 115 g/mol. The molecule has 1 heterocycles. The molecule has 0 aliphatic carbocycles. The quantitative estimate of drug-likeness (QED) is 0.528. The van der Waals surface area contributed by atoms with Gasteiger partial charge in [0.2, 0.25) is 0 Å². The predicted molar refractivity (Wildman–Crippen MR) is 32.8 cm³/mol. The molecule has 0 amide bonds. The van der Waals surface area contributed by atoms with Gasteiger partial charge in [-0.05, 0) is 13.0 Å². The summed E-state index contributed by atoms with van der Waals surface area (Å²) in [7, 11) is 1.98. The summed E-state index contributed by atoms with van der Waals surface area (Å²) in [6, 6.07) is 0.593. The Morgan fingerprint density at radius 3 is 2.50 bits per heavy atom. The normalized spacial score (nSPS) is 38.2. The largest absolute Gasteiger partial charge is 0.379 e. The van der Waals surface area contributed by atoms with Crippen LogP contribution in [0.1, 0.15) is 6.92 Å². The summed E-state index contributed by atoms with van der Waals surface area (Å²) in [6.07, 6.45) is 0. The Morgan fingerprint density at radius 1 is 1.50 bits per heavy atom. The van der Waals surface area contributed by atoms with E-state index in [2.05, 4.69) is 12.2 Å². The van der Waals surface area contributed by atoms with Gasteiger partial charge in [0, 0.05) is 6.04 Å². The molecule has 1 N–H and O–H groups in total. The van der Waals surface area contributed by atoms with Crippen molar-refractivity contribution in [1.82, 2.24) is 5.32 Å². The van der Waals surface area contributed by atoms with Crippen LogP contribution in [0.5, 0.6) is 0 Å². The Bertz CT molecular complexity index is 74.9. The highest BCUT2D eigenvalue weighted by Gasteiger charge is 2.21. The summed E-state index contributed by atoms with van der Waals surface area (Å²) in [5, 5.41) is 3.19. The molecule has 8 heavy (non-hydrogen) atoms. The van der Waals surface area contributed by atoms with Gasteiger partial charge in [0.05, 0.1) is 13.2 Å². The standard InChI is InChI=1S/C6H13NO/c1-5-3-8-4-6(5)7-2/h5-7H,3-4H2,1-2H3/t5-,6+/m0/s1. The molecular weight excluding hydrogens is 102 g/mol. The van der Waals surface area contributed by atoms with E-state index in [9.17, 15) is 0 Å². The SMILES string of the molecule is CN[C@@H]1COC[C@@H]1C. The van der Waals surface area contributed by atoms with Gasteiger partial charge in [-0.15, -0.1) is 0 Å². The number of nitrogens with one attached hydrogen (secondary N) is 1. The summed E-state index contributed by atoms with van der Waals surface area (Å²) >= 11 is 0. The lowest BCUT2D eigenvalue weighted by Gasteiger charge is -2.09. The lowest BCUT2D eigenvalue weighted by atomic mass is 10.1. The molecule has 0 radical (unpaired) electrons. The highest BCUT2D eigenvalue weighted by atomic mass is 16.5. The first-order valence-electron chi connectivity index (χ1n) is 3.09. The highest BCUT2D eigenvalue weighted by Crippen LogP contribution is 2.10. The van der Waals surface area contributed by atoms with Crippen molar-refractivity contribution in [1.29, 1.82) is 0 Å². The Hall–Kier alpha value is -0.0800. The fourth-order valence-electron chi connectivity index (χ4n) is 1.03. The molecule has 48 valence electrons. The zero-order valence-electron chi connectivity index (χ0n) is 5.48.